The summed E-state index contributed by atoms with van der Waals surface area (Å²) in [5.41, 5.74) is 1.14. The molecule has 0 heterocycles. The summed E-state index contributed by atoms with van der Waals surface area (Å²) >= 11 is 12.1. The molecule has 0 N–H and O–H groups in total. The van der Waals surface area contributed by atoms with Crippen molar-refractivity contribution in [2.75, 3.05) is 20.1 Å². The smallest absolute Gasteiger partial charge is 0.253 e. The highest BCUT2D eigenvalue weighted by Gasteiger charge is 2.26. The molecule has 2 rings (SSSR count). The molecule has 0 saturated carbocycles. The van der Waals surface area contributed by atoms with Gasteiger partial charge in [0, 0.05) is 37.3 Å². The number of hydrogen-bond acceptors (Lipinski definition) is 3. The third-order valence-electron chi connectivity index (χ3n) is 4.16. The van der Waals surface area contributed by atoms with Gasteiger partial charge >= 0.3 is 0 Å². The molecule has 0 bridgehead atoms. The largest absolute Gasteiger partial charge is 0.337 e. The molecule has 0 radical (unpaired) electrons. The van der Waals surface area contributed by atoms with Crippen LogP contribution in [0.1, 0.15) is 29.8 Å². The lowest BCUT2D eigenvalue weighted by Crippen LogP contribution is -2.31. The van der Waals surface area contributed by atoms with Crippen molar-refractivity contribution in [2.24, 2.45) is 0 Å². The van der Waals surface area contributed by atoms with Gasteiger partial charge in [-0.05, 0) is 35.9 Å². The molecule has 0 spiro atoms. The first kappa shape index (κ1) is 21.7. The van der Waals surface area contributed by atoms with E-state index in [1.807, 2.05) is 12.1 Å². The van der Waals surface area contributed by atoms with Gasteiger partial charge in [-0.15, -0.1) is 0 Å². The van der Waals surface area contributed by atoms with Crippen LogP contribution in [0.5, 0.6) is 0 Å². The number of sulfonamides is 1. The maximum atomic E-state index is 12.8. The maximum absolute atomic E-state index is 12.8. The van der Waals surface area contributed by atoms with Crippen molar-refractivity contribution in [2.45, 2.75) is 25.3 Å². The van der Waals surface area contributed by atoms with Crippen molar-refractivity contribution in [3.05, 3.63) is 63.6 Å². The Morgan fingerprint density at radius 1 is 1.04 bits per heavy atom. The predicted molar refractivity (Wildman–Crippen MR) is 109 cm³/mol. The molecular weight excluding hydrogens is 407 g/mol. The highest BCUT2D eigenvalue weighted by atomic mass is 35.5. The summed E-state index contributed by atoms with van der Waals surface area (Å²) in [7, 11) is -2.12. The van der Waals surface area contributed by atoms with Crippen LogP contribution in [0.15, 0.2) is 47.4 Å². The van der Waals surface area contributed by atoms with Gasteiger partial charge in [-0.1, -0.05) is 49.2 Å². The first-order chi connectivity index (χ1) is 12.7. The summed E-state index contributed by atoms with van der Waals surface area (Å²) in [6, 6.07) is 11.5. The molecule has 0 aliphatic carbocycles. The van der Waals surface area contributed by atoms with Gasteiger partial charge < -0.3 is 4.90 Å². The van der Waals surface area contributed by atoms with E-state index >= 15 is 0 Å². The lowest BCUT2D eigenvalue weighted by molar-refractivity contribution is 0.0785. The van der Waals surface area contributed by atoms with Gasteiger partial charge in [0.25, 0.3) is 5.91 Å². The second-order valence-electron chi connectivity index (χ2n) is 6.03. The quantitative estimate of drug-likeness (QED) is 0.660. The van der Waals surface area contributed by atoms with Crippen LogP contribution in [-0.4, -0.2) is 43.7 Å². The Balaban J connectivity index is 2.32. The van der Waals surface area contributed by atoms with Crippen LogP contribution in [0.3, 0.4) is 0 Å². The number of nitrogens with zero attached hydrogens (tertiary/aromatic N) is 2. The fraction of sp³-hybridized carbons (Fsp3) is 0.316. The van der Waals surface area contributed by atoms with Gasteiger partial charge in [0.15, 0.2) is 0 Å². The third-order valence-corrected chi connectivity index (χ3v) is 6.92. The zero-order valence-electron chi connectivity index (χ0n) is 15.4. The maximum Gasteiger partial charge on any atom is 0.253 e. The van der Waals surface area contributed by atoms with Crippen molar-refractivity contribution in [1.82, 2.24) is 9.21 Å². The Morgan fingerprint density at radius 2 is 1.70 bits per heavy atom. The van der Waals surface area contributed by atoms with Gasteiger partial charge in [-0.2, -0.15) is 4.31 Å². The van der Waals surface area contributed by atoms with Gasteiger partial charge in [0.05, 0.1) is 5.02 Å². The van der Waals surface area contributed by atoms with E-state index in [-0.39, 0.29) is 21.4 Å². The molecule has 0 aliphatic rings. The first-order valence-electron chi connectivity index (χ1n) is 8.50. The molecular formula is C19H22Cl2N2O3S. The van der Waals surface area contributed by atoms with Crippen LogP contribution < -0.4 is 0 Å². The molecule has 2 aromatic rings. The van der Waals surface area contributed by atoms with E-state index in [9.17, 15) is 13.2 Å². The fourth-order valence-electron chi connectivity index (χ4n) is 2.74. The number of carbonyl (C=O) groups is 1. The Morgan fingerprint density at radius 3 is 2.30 bits per heavy atom. The Labute approximate surface area is 170 Å². The zero-order valence-corrected chi connectivity index (χ0v) is 17.8. The van der Waals surface area contributed by atoms with Crippen molar-refractivity contribution in [3.63, 3.8) is 0 Å². The summed E-state index contributed by atoms with van der Waals surface area (Å²) < 4.78 is 26.9. The highest BCUT2D eigenvalue weighted by molar-refractivity contribution is 7.89. The first-order valence-corrected chi connectivity index (χ1v) is 10.7. The Hall–Kier alpha value is -1.60. The van der Waals surface area contributed by atoms with Crippen LogP contribution in [0.4, 0.5) is 0 Å². The van der Waals surface area contributed by atoms with E-state index in [0.717, 1.165) is 5.56 Å². The summed E-state index contributed by atoms with van der Waals surface area (Å²) in [5, 5.41) is 0.684. The molecule has 146 valence electrons. The SMILES string of the molecule is CCN(CC)S(=O)(=O)c1cc(C(=O)N(C)Cc2cccc(Cl)c2)ccc1Cl. The van der Waals surface area contributed by atoms with E-state index in [4.69, 9.17) is 23.2 Å². The fourth-order valence-corrected chi connectivity index (χ4v) is 4.91. The monoisotopic (exact) mass is 428 g/mol. The molecule has 1 amide bonds. The normalized spacial score (nSPS) is 11.6. The average Bonchev–Trinajstić information content (AvgIpc) is 2.62. The lowest BCUT2D eigenvalue weighted by Gasteiger charge is -2.21. The second kappa shape index (κ2) is 9.06. The number of amides is 1. The molecule has 0 fully saturated rings. The molecule has 8 heteroatoms. The molecule has 27 heavy (non-hydrogen) atoms. The van der Waals surface area contributed by atoms with E-state index < -0.39 is 10.0 Å². The van der Waals surface area contributed by atoms with E-state index in [2.05, 4.69) is 0 Å². The topological polar surface area (TPSA) is 57.7 Å². The number of rotatable bonds is 7. The Bertz CT molecular complexity index is 928. The molecule has 0 atom stereocenters. The van der Waals surface area contributed by atoms with Crippen LogP contribution >= 0.6 is 23.2 Å². The summed E-state index contributed by atoms with van der Waals surface area (Å²) in [6.07, 6.45) is 0. The molecule has 0 aliphatic heterocycles. The summed E-state index contributed by atoms with van der Waals surface area (Å²) in [5.74, 6) is -0.303. The molecule has 5 nitrogen and oxygen atoms in total. The van der Waals surface area contributed by atoms with E-state index in [1.54, 1.807) is 33.0 Å². The van der Waals surface area contributed by atoms with Gasteiger partial charge in [-0.25, -0.2) is 8.42 Å². The van der Waals surface area contributed by atoms with Gasteiger partial charge in [-0.3, -0.25) is 4.79 Å². The minimum Gasteiger partial charge on any atom is -0.337 e. The number of carbonyl (C=O) groups excluding carboxylic acids is 1. The molecule has 0 unspecified atom stereocenters. The van der Waals surface area contributed by atoms with Crippen LogP contribution in [0, 0.1) is 0 Å². The number of hydrogen-bond donors (Lipinski definition) is 0. The minimum atomic E-state index is -3.76. The average molecular weight is 429 g/mol. The van der Waals surface area contributed by atoms with Crippen molar-refractivity contribution >= 4 is 39.1 Å². The van der Waals surface area contributed by atoms with Crippen LogP contribution in [0.2, 0.25) is 10.0 Å². The molecule has 0 aromatic heterocycles. The molecule has 0 saturated heterocycles. The summed E-state index contributed by atoms with van der Waals surface area (Å²) in [4.78, 5) is 14.2. The standard InChI is InChI=1S/C19H22Cl2N2O3S/c1-4-23(5-2)27(25,26)18-12-15(9-10-17(18)21)19(24)22(3)13-14-7-6-8-16(20)11-14/h6-12H,4-5,13H2,1-3H3. The number of halogens is 2. The third kappa shape index (κ3) is 5.02. The Kier molecular flexibility index (Phi) is 7.28. The second-order valence-corrected chi connectivity index (χ2v) is 8.78. The zero-order chi connectivity index (χ0) is 20.2. The lowest BCUT2D eigenvalue weighted by atomic mass is 10.1. The van der Waals surface area contributed by atoms with E-state index in [0.29, 0.717) is 24.7 Å². The van der Waals surface area contributed by atoms with Crippen LogP contribution in [0.25, 0.3) is 0 Å². The van der Waals surface area contributed by atoms with Crippen molar-refractivity contribution in [1.29, 1.82) is 0 Å². The van der Waals surface area contributed by atoms with Gasteiger partial charge in [0.2, 0.25) is 10.0 Å². The van der Waals surface area contributed by atoms with Crippen molar-refractivity contribution < 1.29 is 13.2 Å². The highest BCUT2D eigenvalue weighted by Crippen LogP contribution is 2.26. The van der Waals surface area contributed by atoms with Gasteiger partial charge in [0.1, 0.15) is 4.90 Å². The minimum absolute atomic E-state index is 0.0603. The van der Waals surface area contributed by atoms with Crippen molar-refractivity contribution in [3.8, 4) is 0 Å². The summed E-state index contributed by atoms with van der Waals surface area (Å²) in [6.45, 7) is 4.50. The predicted octanol–water partition coefficient (Wildman–Crippen LogP) is 4.30. The van der Waals surface area contributed by atoms with E-state index in [1.165, 1.54) is 27.4 Å². The molecule has 2 aromatic carbocycles. The number of benzene rings is 2. The van der Waals surface area contributed by atoms with Crippen LogP contribution in [-0.2, 0) is 16.6 Å².